The lowest BCUT2D eigenvalue weighted by atomic mass is 10.00. The normalized spacial score (nSPS) is 32.6. The standard InChI is InChI=1S/C13H27N3O3S.ClH/c1-11-10-19-12(2)8-16(11)20(17,18)15-6-4-5-13(9-15)7-14-3;/h11-14H,4-10H2,1-3H3;1H. The van der Waals surface area contributed by atoms with Gasteiger partial charge in [0.15, 0.2) is 0 Å². The predicted molar refractivity (Wildman–Crippen MR) is 86.0 cm³/mol. The summed E-state index contributed by atoms with van der Waals surface area (Å²) in [7, 11) is -1.44. The highest BCUT2D eigenvalue weighted by Gasteiger charge is 2.38. The smallest absolute Gasteiger partial charge is 0.282 e. The summed E-state index contributed by atoms with van der Waals surface area (Å²) in [5, 5.41) is 3.15. The minimum atomic E-state index is -3.36. The molecule has 126 valence electrons. The lowest BCUT2D eigenvalue weighted by Gasteiger charge is -2.41. The van der Waals surface area contributed by atoms with Gasteiger partial charge in [-0.2, -0.15) is 17.0 Å². The number of nitrogens with one attached hydrogen (secondary N) is 1. The predicted octanol–water partition coefficient (Wildman–Crippen LogP) is 0.694. The molecule has 21 heavy (non-hydrogen) atoms. The molecular weight excluding hydrogens is 314 g/mol. The van der Waals surface area contributed by atoms with Crippen LogP contribution in [-0.4, -0.2) is 69.0 Å². The molecule has 0 amide bonds. The number of nitrogens with zero attached hydrogens (tertiary/aromatic N) is 2. The van der Waals surface area contributed by atoms with Crippen LogP contribution in [0.2, 0.25) is 0 Å². The third-order valence-corrected chi connectivity index (χ3v) is 6.23. The van der Waals surface area contributed by atoms with Crippen LogP contribution in [0, 0.1) is 5.92 Å². The first kappa shape index (κ1) is 19.1. The second kappa shape index (κ2) is 8.08. The monoisotopic (exact) mass is 341 g/mol. The largest absolute Gasteiger partial charge is 0.375 e. The minimum absolute atomic E-state index is 0. The molecule has 3 unspecified atom stereocenters. The zero-order valence-electron chi connectivity index (χ0n) is 13.1. The Kier molecular flexibility index (Phi) is 7.36. The first-order valence-electron chi connectivity index (χ1n) is 7.48. The zero-order valence-corrected chi connectivity index (χ0v) is 14.8. The van der Waals surface area contributed by atoms with E-state index in [0.717, 1.165) is 19.4 Å². The molecule has 0 aromatic rings. The van der Waals surface area contributed by atoms with E-state index >= 15 is 0 Å². The first-order chi connectivity index (χ1) is 9.45. The quantitative estimate of drug-likeness (QED) is 0.817. The number of rotatable bonds is 4. The van der Waals surface area contributed by atoms with E-state index in [1.807, 2.05) is 20.9 Å². The van der Waals surface area contributed by atoms with Gasteiger partial charge in [0, 0.05) is 25.7 Å². The van der Waals surface area contributed by atoms with Crippen LogP contribution in [0.3, 0.4) is 0 Å². The van der Waals surface area contributed by atoms with Gasteiger partial charge >= 0.3 is 0 Å². The topological polar surface area (TPSA) is 61.9 Å². The second-order valence-electron chi connectivity index (χ2n) is 5.99. The van der Waals surface area contributed by atoms with E-state index in [-0.39, 0.29) is 24.6 Å². The van der Waals surface area contributed by atoms with Gasteiger partial charge in [0.2, 0.25) is 0 Å². The summed E-state index contributed by atoms with van der Waals surface area (Å²) in [4.78, 5) is 0. The molecule has 8 heteroatoms. The maximum Gasteiger partial charge on any atom is 0.282 e. The first-order valence-corrected chi connectivity index (χ1v) is 8.88. The molecule has 2 heterocycles. The van der Waals surface area contributed by atoms with Gasteiger partial charge in [-0.25, -0.2) is 0 Å². The Balaban J connectivity index is 0.00000220. The van der Waals surface area contributed by atoms with Crippen molar-refractivity contribution in [2.45, 2.75) is 38.8 Å². The second-order valence-corrected chi connectivity index (χ2v) is 7.88. The molecule has 2 aliphatic heterocycles. The average Bonchev–Trinajstić information content (AvgIpc) is 2.42. The number of halogens is 1. The van der Waals surface area contributed by atoms with Crippen LogP contribution in [0.1, 0.15) is 26.7 Å². The fraction of sp³-hybridized carbons (Fsp3) is 1.00. The molecule has 2 aliphatic rings. The lowest BCUT2D eigenvalue weighted by Crippen LogP contribution is -2.56. The highest BCUT2D eigenvalue weighted by molar-refractivity contribution is 7.86. The van der Waals surface area contributed by atoms with Crippen LogP contribution < -0.4 is 5.32 Å². The Labute approximate surface area is 134 Å². The molecule has 0 bridgehead atoms. The SMILES string of the molecule is CNCC1CCCN(S(=O)(=O)N2CC(C)OCC2C)C1.Cl. The minimum Gasteiger partial charge on any atom is -0.375 e. The fourth-order valence-corrected chi connectivity index (χ4v) is 5.00. The van der Waals surface area contributed by atoms with E-state index in [9.17, 15) is 8.42 Å². The van der Waals surface area contributed by atoms with Crippen molar-refractivity contribution in [3.63, 3.8) is 0 Å². The van der Waals surface area contributed by atoms with Gasteiger partial charge in [0.1, 0.15) is 0 Å². The number of hydrogen-bond donors (Lipinski definition) is 1. The van der Waals surface area contributed by atoms with Crippen LogP contribution in [0.4, 0.5) is 0 Å². The van der Waals surface area contributed by atoms with Gasteiger partial charge in [0.25, 0.3) is 10.2 Å². The van der Waals surface area contributed by atoms with Gasteiger partial charge in [0.05, 0.1) is 12.7 Å². The fourth-order valence-electron chi connectivity index (χ4n) is 3.03. The summed E-state index contributed by atoms with van der Waals surface area (Å²) in [5.41, 5.74) is 0. The third kappa shape index (κ3) is 4.53. The summed E-state index contributed by atoms with van der Waals surface area (Å²) in [6, 6.07) is -0.0825. The molecule has 0 aliphatic carbocycles. The van der Waals surface area contributed by atoms with E-state index in [1.54, 1.807) is 8.61 Å². The van der Waals surface area contributed by atoms with E-state index in [0.29, 0.717) is 32.2 Å². The molecule has 0 aromatic carbocycles. The van der Waals surface area contributed by atoms with Gasteiger partial charge in [-0.05, 0) is 46.2 Å². The van der Waals surface area contributed by atoms with Gasteiger partial charge in [-0.3, -0.25) is 0 Å². The third-order valence-electron chi connectivity index (χ3n) is 4.15. The molecule has 6 nitrogen and oxygen atoms in total. The zero-order chi connectivity index (χ0) is 14.8. The summed E-state index contributed by atoms with van der Waals surface area (Å²) < 4.78 is 34.4. The van der Waals surface area contributed by atoms with Crippen molar-refractivity contribution in [2.75, 3.05) is 39.8 Å². The summed E-state index contributed by atoms with van der Waals surface area (Å²) in [6.45, 7) is 6.92. The summed E-state index contributed by atoms with van der Waals surface area (Å²) in [5.74, 6) is 0.414. The Bertz CT molecular complexity index is 419. The average molecular weight is 342 g/mol. The number of piperidine rings is 1. The Morgan fingerprint density at radius 1 is 1.29 bits per heavy atom. The van der Waals surface area contributed by atoms with Crippen molar-refractivity contribution in [3.8, 4) is 0 Å². The number of ether oxygens (including phenoxy) is 1. The van der Waals surface area contributed by atoms with Crippen LogP contribution in [0.5, 0.6) is 0 Å². The summed E-state index contributed by atoms with van der Waals surface area (Å²) >= 11 is 0. The highest BCUT2D eigenvalue weighted by Crippen LogP contribution is 2.24. The van der Waals surface area contributed by atoms with E-state index in [2.05, 4.69) is 5.32 Å². The van der Waals surface area contributed by atoms with Crippen LogP contribution in [0.15, 0.2) is 0 Å². The molecule has 1 N–H and O–H groups in total. The van der Waals surface area contributed by atoms with Crippen LogP contribution in [-0.2, 0) is 14.9 Å². The van der Waals surface area contributed by atoms with Gasteiger partial charge in [-0.1, -0.05) is 0 Å². The molecule has 2 rings (SSSR count). The molecule has 0 aromatic heterocycles. The highest BCUT2D eigenvalue weighted by atomic mass is 35.5. The van der Waals surface area contributed by atoms with Gasteiger partial charge in [-0.15, -0.1) is 12.4 Å². The van der Waals surface area contributed by atoms with E-state index < -0.39 is 10.2 Å². The van der Waals surface area contributed by atoms with Crippen molar-refractivity contribution < 1.29 is 13.2 Å². The van der Waals surface area contributed by atoms with Crippen molar-refractivity contribution in [3.05, 3.63) is 0 Å². The van der Waals surface area contributed by atoms with E-state index in [1.165, 1.54) is 0 Å². The van der Waals surface area contributed by atoms with Crippen molar-refractivity contribution >= 4 is 22.6 Å². The van der Waals surface area contributed by atoms with Crippen molar-refractivity contribution in [1.82, 2.24) is 13.9 Å². The maximum atomic E-state index is 12.8. The molecule has 2 saturated heterocycles. The molecule has 0 saturated carbocycles. The molecule has 2 fully saturated rings. The Morgan fingerprint density at radius 2 is 2.00 bits per heavy atom. The molecule has 0 radical (unpaired) electrons. The summed E-state index contributed by atoms with van der Waals surface area (Å²) in [6.07, 6.45) is 2.01. The number of hydrogen-bond acceptors (Lipinski definition) is 4. The molecular formula is C13H28ClN3O3S. The number of morpholine rings is 1. The molecule has 0 spiro atoms. The Hall–Kier alpha value is 0.0800. The molecule has 3 atom stereocenters. The van der Waals surface area contributed by atoms with Crippen LogP contribution >= 0.6 is 12.4 Å². The lowest BCUT2D eigenvalue weighted by molar-refractivity contribution is -0.0195. The maximum absolute atomic E-state index is 12.8. The Morgan fingerprint density at radius 3 is 2.67 bits per heavy atom. The van der Waals surface area contributed by atoms with E-state index in [4.69, 9.17) is 4.74 Å². The van der Waals surface area contributed by atoms with Gasteiger partial charge < -0.3 is 10.1 Å². The van der Waals surface area contributed by atoms with Crippen LogP contribution in [0.25, 0.3) is 0 Å². The van der Waals surface area contributed by atoms with Crippen molar-refractivity contribution in [1.29, 1.82) is 0 Å². The van der Waals surface area contributed by atoms with Crippen molar-refractivity contribution in [2.24, 2.45) is 5.92 Å².